The lowest BCUT2D eigenvalue weighted by Crippen LogP contribution is -2.56. The highest BCUT2D eigenvalue weighted by Gasteiger charge is 2.60. The Morgan fingerprint density at radius 2 is 1.73 bits per heavy atom. The van der Waals surface area contributed by atoms with Gasteiger partial charge in [0.05, 0.1) is 11.5 Å². The molecule has 0 aliphatic carbocycles. The maximum absolute atomic E-state index is 13.4. The third-order valence-corrected chi connectivity index (χ3v) is 5.54. The zero-order valence-corrected chi connectivity index (χ0v) is 17.1. The number of benzene rings is 1. The highest BCUT2D eigenvalue weighted by molar-refractivity contribution is 5.99. The molecule has 1 aliphatic heterocycles. The SMILES string of the molecule is CCCC1C(C(=O)O)CC(CC(C)C)(C(=O)O)N1C(=O)c1ccc(C(F)(F)F)cc1. The number of carboxylic acids is 2. The Hall–Kier alpha value is -2.58. The zero-order valence-electron chi connectivity index (χ0n) is 17.1. The Kier molecular flexibility index (Phi) is 6.83. The topological polar surface area (TPSA) is 94.9 Å². The van der Waals surface area contributed by atoms with Crippen LogP contribution in [-0.2, 0) is 15.8 Å². The number of carbonyl (C=O) groups excluding carboxylic acids is 1. The van der Waals surface area contributed by atoms with Crippen LogP contribution in [0.5, 0.6) is 0 Å². The van der Waals surface area contributed by atoms with Gasteiger partial charge in [-0.15, -0.1) is 0 Å². The van der Waals surface area contributed by atoms with Crippen LogP contribution in [0, 0.1) is 11.8 Å². The predicted octanol–water partition coefficient (Wildman–Crippen LogP) is 4.29. The van der Waals surface area contributed by atoms with Gasteiger partial charge in [0, 0.05) is 11.6 Å². The van der Waals surface area contributed by atoms with E-state index >= 15 is 0 Å². The fraction of sp³-hybridized carbons (Fsp3) is 0.571. The van der Waals surface area contributed by atoms with Gasteiger partial charge in [0.15, 0.2) is 0 Å². The summed E-state index contributed by atoms with van der Waals surface area (Å²) in [5.74, 6) is -4.49. The van der Waals surface area contributed by atoms with Crippen molar-refractivity contribution in [3.05, 3.63) is 35.4 Å². The van der Waals surface area contributed by atoms with E-state index in [2.05, 4.69) is 0 Å². The molecule has 1 fully saturated rings. The number of hydrogen-bond donors (Lipinski definition) is 2. The van der Waals surface area contributed by atoms with Crippen LogP contribution in [0.15, 0.2) is 24.3 Å². The molecule has 30 heavy (non-hydrogen) atoms. The van der Waals surface area contributed by atoms with Gasteiger partial charge < -0.3 is 15.1 Å². The smallest absolute Gasteiger partial charge is 0.416 e. The van der Waals surface area contributed by atoms with E-state index in [1.54, 1.807) is 20.8 Å². The number of amides is 1. The van der Waals surface area contributed by atoms with E-state index in [0.29, 0.717) is 6.42 Å². The van der Waals surface area contributed by atoms with E-state index in [9.17, 15) is 37.8 Å². The normalized spacial score (nSPS) is 24.3. The maximum Gasteiger partial charge on any atom is 0.416 e. The summed E-state index contributed by atoms with van der Waals surface area (Å²) in [5, 5.41) is 19.8. The van der Waals surface area contributed by atoms with Crippen molar-refractivity contribution in [1.82, 2.24) is 4.90 Å². The Labute approximate surface area is 172 Å². The molecule has 3 atom stereocenters. The molecule has 166 valence electrons. The third-order valence-electron chi connectivity index (χ3n) is 5.54. The minimum absolute atomic E-state index is 0.0404. The molecule has 0 bridgehead atoms. The fourth-order valence-electron chi connectivity index (χ4n) is 4.39. The Balaban J connectivity index is 2.59. The Morgan fingerprint density at radius 1 is 1.17 bits per heavy atom. The van der Waals surface area contributed by atoms with Gasteiger partial charge in [-0.3, -0.25) is 9.59 Å². The molecule has 1 saturated heterocycles. The van der Waals surface area contributed by atoms with E-state index < -0.39 is 47.1 Å². The highest BCUT2D eigenvalue weighted by Crippen LogP contribution is 2.45. The second kappa shape index (κ2) is 8.65. The number of carbonyl (C=O) groups is 3. The number of halogens is 3. The summed E-state index contributed by atoms with van der Waals surface area (Å²) in [5.41, 5.74) is -2.78. The molecule has 1 heterocycles. The summed E-state index contributed by atoms with van der Waals surface area (Å²) in [4.78, 5) is 38.7. The number of carboxylic acid groups (broad SMARTS) is 2. The lowest BCUT2D eigenvalue weighted by molar-refractivity contribution is -0.150. The summed E-state index contributed by atoms with van der Waals surface area (Å²) >= 11 is 0. The first-order valence-electron chi connectivity index (χ1n) is 9.82. The van der Waals surface area contributed by atoms with Gasteiger partial charge in [0.1, 0.15) is 5.54 Å². The van der Waals surface area contributed by atoms with E-state index in [-0.39, 0.29) is 30.7 Å². The summed E-state index contributed by atoms with van der Waals surface area (Å²) in [6.07, 6.45) is -3.98. The van der Waals surface area contributed by atoms with E-state index in [1.165, 1.54) is 0 Å². The minimum Gasteiger partial charge on any atom is -0.481 e. The van der Waals surface area contributed by atoms with Crippen molar-refractivity contribution in [2.45, 2.75) is 64.2 Å². The number of alkyl halides is 3. The number of hydrogen-bond acceptors (Lipinski definition) is 3. The maximum atomic E-state index is 13.4. The molecule has 0 saturated carbocycles. The molecular weight excluding hydrogens is 403 g/mol. The van der Waals surface area contributed by atoms with E-state index in [4.69, 9.17) is 0 Å². The van der Waals surface area contributed by atoms with Gasteiger partial charge in [-0.05, 0) is 49.4 Å². The molecule has 2 N–H and O–H groups in total. The summed E-state index contributed by atoms with van der Waals surface area (Å²) < 4.78 is 38.6. The predicted molar refractivity (Wildman–Crippen MR) is 102 cm³/mol. The number of rotatable bonds is 7. The quantitative estimate of drug-likeness (QED) is 0.674. The molecule has 0 radical (unpaired) electrons. The van der Waals surface area contributed by atoms with Gasteiger partial charge in [-0.2, -0.15) is 13.2 Å². The van der Waals surface area contributed by atoms with E-state index in [0.717, 1.165) is 29.2 Å². The summed E-state index contributed by atoms with van der Waals surface area (Å²) in [6.45, 7) is 5.34. The van der Waals surface area contributed by atoms with E-state index in [1.807, 2.05) is 0 Å². The third kappa shape index (κ3) is 4.44. The van der Waals surface area contributed by atoms with Crippen LogP contribution in [0.25, 0.3) is 0 Å². The van der Waals surface area contributed by atoms with Crippen LogP contribution >= 0.6 is 0 Å². The monoisotopic (exact) mass is 429 g/mol. The van der Waals surface area contributed by atoms with Crippen molar-refractivity contribution < 1.29 is 37.8 Å². The standard InChI is InChI=1S/C21H26F3NO5/c1-4-5-16-15(18(27)28)11-20(19(29)30,10-12(2)3)25(16)17(26)13-6-8-14(9-7-13)21(22,23)24/h6-9,12,15-16H,4-5,10-11H2,1-3H3,(H,27,28)(H,29,30). The van der Waals surface area contributed by atoms with Crippen molar-refractivity contribution in [3.63, 3.8) is 0 Å². The van der Waals surface area contributed by atoms with Crippen LogP contribution < -0.4 is 0 Å². The molecule has 0 aromatic heterocycles. The first-order valence-corrected chi connectivity index (χ1v) is 9.82. The summed E-state index contributed by atoms with van der Waals surface area (Å²) in [7, 11) is 0. The fourth-order valence-corrected chi connectivity index (χ4v) is 4.39. The van der Waals surface area contributed by atoms with Gasteiger partial charge in [0.25, 0.3) is 5.91 Å². The van der Waals surface area contributed by atoms with Crippen molar-refractivity contribution in [3.8, 4) is 0 Å². The van der Waals surface area contributed by atoms with Gasteiger partial charge >= 0.3 is 18.1 Å². The minimum atomic E-state index is -4.57. The Morgan fingerprint density at radius 3 is 2.13 bits per heavy atom. The lowest BCUT2D eigenvalue weighted by Gasteiger charge is -2.39. The van der Waals surface area contributed by atoms with Crippen LogP contribution in [0.2, 0.25) is 0 Å². The molecular formula is C21H26F3NO5. The summed E-state index contributed by atoms with van der Waals surface area (Å²) in [6, 6.07) is 2.67. The molecule has 0 spiro atoms. The molecule has 6 nitrogen and oxygen atoms in total. The van der Waals surface area contributed by atoms with Crippen LogP contribution in [0.4, 0.5) is 13.2 Å². The number of likely N-dealkylation sites (tertiary alicyclic amines) is 1. The second-order valence-corrected chi connectivity index (χ2v) is 8.19. The van der Waals surface area contributed by atoms with Crippen molar-refractivity contribution in [1.29, 1.82) is 0 Å². The molecule has 3 unspecified atom stereocenters. The van der Waals surface area contributed by atoms with Gasteiger partial charge in [0.2, 0.25) is 0 Å². The van der Waals surface area contributed by atoms with Gasteiger partial charge in [-0.1, -0.05) is 27.2 Å². The average molecular weight is 429 g/mol. The van der Waals surface area contributed by atoms with Gasteiger partial charge in [-0.25, -0.2) is 4.79 Å². The van der Waals surface area contributed by atoms with Crippen LogP contribution in [0.1, 0.15) is 62.4 Å². The molecule has 1 aromatic carbocycles. The number of nitrogens with zero attached hydrogens (tertiary/aromatic N) is 1. The molecule has 1 amide bonds. The first kappa shape index (κ1) is 23.7. The second-order valence-electron chi connectivity index (χ2n) is 8.19. The highest BCUT2D eigenvalue weighted by atomic mass is 19.4. The molecule has 1 aliphatic rings. The average Bonchev–Trinajstić information content (AvgIpc) is 2.95. The van der Waals surface area contributed by atoms with Crippen molar-refractivity contribution >= 4 is 17.8 Å². The molecule has 9 heteroatoms. The largest absolute Gasteiger partial charge is 0.481 e. The zero-order chi connectivity index (χ0) is 22.9. The number of aliphatic carboxylic acids is 2. The van der Waals surface area contributed by atoms with Crippen LogP contribution in [0.3, 0.4) is 0 Å². The molecule has 1 aromatic rings. The van der Waals surface area contributed by atoms with Crippen molar-refractivity contribution in [2.24, 2.45) is 11.8 Å². The first-order chi connectivity index (χ1) is 13.8. The Bertz CT molecular complexity index is 806. The lowest BCUT2D eigenvalue weighted by atomic mass is 9.83. The van der Waals surface area contributed by atoms with Crippen LogP contribution in [-0.4, -0.2) is 44.5 Å². The van der Waals surface area contributed by atoms with Crippen molar-refractivity contribution in [2.75, 3.05) is 0 Å². The molecule has 2 rings (SSSR count).